The van der Waals surface area contributed by atoms with Crippen LogP contribution in [0.3, 0.4) is 0 Å². The number of piperazine rings is 1. The number of anilines is 1. The van der Waals surface area contributed by atoms with Crippen molar-refractivity contribution in [3.8, 4) is 11.5 Å². The summed E-state index contributed by atoms with van der Waals surface area (Å²) in [5, 5.41) is 0. The van der Waals surface area contributed by atoms with Crippen molar-refractivity contribution >= 4 is 5.69 Å². The van der Waals surface area contributed by atoms with Crippen LogP contribution < -0.4 is 15.2 Å². The van der Waals surface area contributed by atoms with Crippen LogP contribution in [-0.4, -0.2) is 63.3 Å². The van der Waals surface area contributed by atoms with Crippen LogP contribution in [0.4, 0.5) is 5.69 Å². The summed E-state index contributed by atoms with van der Waals surface area (Å²) in [5.74, 6) is 1.47. The van der Waals surface area contributed by atoms with E-state index < -0.39 is 0 Å². The summed E-state index contributed by atoms with van der Waals surface area (Å²) in [6.45, 7) is 6.61. The minimum absolute atomic E-state index is 0.689. The lowest BCUT2D eigenvalue weighted by Gasteiger charge is -2.32. The van der Waals surface area contributed by atoms with E-state index in [1.807, 2.05) is 12.1 Å². The highest BCUT2D eigenvalue weighted by atomic mass is 16.5. The second-order valence-electron chi connectivity index (χ2n) is 5.61. The van der Waals surface area contributed by atoms with Gasteiger partial charge in [0.1, 0.15) is 0 Å². The largest absolute Gasteiger partial charge is 0.493 e. The fraction of sp³-hybridized carbons (Fsp3) is 0.625. The molecule has 0 aliphatic carbocycles. The number of likely N-dealkylation sites (N-methyl/N-ethyl adjacent to an activating group) is 1. The molecule has 1 saturated heterocycles. The summed E-state index contributed by atoms with van der Waals surface area (Å²) in [6.07, 6.45) is 2.22. The van der Waals surface area contributed by atoms with E-state index in [0.29, 0.717) is 18.0 Å². The number of ether oxygens (including phenoxy) is 2. The minimum atomic E-state index is 0.689. The number of benzene rings is 1. The van der Waals surface area contributed by atoms with Crippen LogP contribution in [0.2, 0.25) is 0 Å². The molecular formula is C16H27N3O2. The lowest BCUT2D eigenvalue weighted by atomic mass is 10.2. The molecular weight excluding hydrogens is 266 g/mol. The van der Waals surface area contributed by atoms with Crippen molar-refractivity contribution in [2.75, 3.05) is 59.2 Å². The molecule has 0 spiro atoms. The van der Waals surface area contributed by atoms with Gasteiger partial charge in [-0.3, -0.25) is 0 Å². The molecule has 2 rings (SSSR count). The summed E-state index contributed by atoms with van der Waals surface area (Å²) >= 11 is 0. The minimum Gasteiger partial charge on any atom is -0.493 e. The predicted molar refractivity (Wildman–Crippen MR) is 86.1 cm³/mol. The lowest BCUT2D eigenvalue weighted by Crippen LogP contribution is -2.44. The Morgan fingerprint density at radius 1 is 1.10 bits per heavy atom. The Morgan fingerprint density at radius 2 is 1.86 bits per heavy atom. The van der Waals surface area contributed by atoms with Gasteiger partial charge < -0.3 is 25.0 Å². The molecule has 1 aromatic carbocycles. The SMILES string of the molecule is COc1cc(N)ccc1OCCCCN1CCN(C)CC1. The Hall–Kier alpha value is -1.46. The normalized spacial score (nSPS) is 16.9. The van der Waals surface area contributed by atoms with E-state index in [4.69, 9.17) is 15.2 Å². The summed E-state index contributed by atoms with van der Waals surface area (Å²) in [4.78, 5) is 4.91. The third-order valence-corrected chi connectivity index (χ3v) is 3.91. The molecule has 1 aromatic rings. The molecule has 0 unspecified atom stereocenters. The van der Waals surface area contributed by atoms with Gasteiger partial charge in [-0.05, 0) is 38.6 Å². The third-order valence-electron chi connectivity index (χ3n) is 3.91. The molecule has 118 valence electrons. The van der Waals surface area contributed by atoms with E-state index in [2.05, 4.69) is 16.8 Å². The van der Waals surface area contributed by atoms with E-state index in [1.54, 1.807) is 13.2 Å². The molecule has 1 heterocycles. The van der Waals surface area contributed by atoms with E-state index in [-0.39, 0.29) is 0 Å². The second-order valence-corrected chi connectivity index (χ2v) is 5.61. The van der Waals surface area contributed by atoms with Gasteiger partial charge in [0.25, 0.3) is 0 Å². The predicted octanol–water partition coefficient (Wildman–Crippen LogP) is 1.68. The molecule has 1 aliphatic rings. The number of unbranched alkanes of at least 4 members (excludes halogenated alkanes) is 1. The van der Waals surface area contributed by atoms with Crippen molar-refractivity contribution in [3.63, 3.8) is 0 Å². The summed E-state index contributed by atoms with van der Waals surface area (Å²) in [5.41, 5.74) is 6.42. The monoisotopic (exact) mass is 293 g/mol. The molecule has 1 aliphatic heterocycles. The second kappa shape index (κ2) is 8.10. The van der Waals surface area contributed by atoms with Crippen molar-refractivity contribution in [3.05, 3.63) is 18.2 Å². The first kappa shape index (κ1) is 15.9. The van der Waals surface area contributed by atoms with Crippen LogP contribution in [0.5, 0.6) is 11.5 Å². The molecule has 2 N–H and O–H groups in total. The first-order valence-electron chi connectivity index (χ1n) is 7.66. The number of rotatable bonds is 7. The zero-order chi connectivity index (χ0) is 15.1. The summed E-state index contributed by atoms with van der Waals surface area (Å²) < 4.78 is 11.1. The quantitative estimate of drug-likeness (QED) is 0.612. The van der Waals surface area contributed by atoms with Crippen molar-refractivity contribution in [1.82, 2.24) is 9.80 Å². The van der Waals surface area contributed by atoms with Gasteiger partial charge >= 0.3 is 0 Å². The highest BCUT2D eigenvalue weighted by molar-refractivity contribution is 5.51. The average molecular weight is 293 g/mol. The smallest absolute Gasteiger partial charge is 0.162 e. The van der Waals surface area contributed by atoms with Gasteiger partial charge in [0.2, 0.25) is 0 Å². The molecule has 5 heteroatoms. The first-order valence-corrected chi connectivity index (χ1v) is 7.66. The summed E-state index contributed by atoms with van der Waals surface area (Å²) in [7, 11) is 3.82. The zero-order valence-electron chi connectivity index (χ0n) is 13.2. The standard InChI is InChI=1S/C16H27N3O2/c1-18-8-10-19(11-9-18)7-3-4-12-21-15-6-5-14(17)13-16(15)20-2/h5-6,13H,3-4,7-12,17H2,1-2H3. The van der Waals surface area contributed by atoms with Gasteiger partial charge in [-0.1, -0.05) is 0 Å². The topological polar surface area (TPSA) is 51.0 Å². The maximum Gasteiger partial charge on any atom is 0.162 e. The molecule has 0 radical (unpaired) electrons. The van der Waals surface area contributed by atoms with Crippen LogP contribution in [-0.2, 0) is 0 Å². The van der Waals surface area contributed by atoms with Crippen LogP contribution >= 0.6 is 0 Å². The highest BCUT2D eigenvalue weighted by Crippen LogP contribution is 2.29. The Bertz CT molecular complexity index is 432. The zero-order valence-corrected chi connectivity index (χ0v) is 13.2. The fourth-order valence-electron chi connectivity index (χ4n) is 2.49. The third kappa shape index (κ3) is 5.10. The Kier molecular flexibility index (Phi) is 6.14. The fourth-order valence-corrected chi connectivity index (χ4v) is 2.49. The van der Waals surface area contributed by atoms with E-state index in [9.17, 15) is 0 Å². The van der Waals surface area contributed by atoms with Crippen LogP contribution in [0, 0.1) is 0 Å². The van der Waals surface area contributed by atoms with Crippen molar-refractivity contribution in [2.45, 2.75) is 12.8 Å². The molecule has 0 atom stereocenters. The number of nitrogens with two attached hydrogens (primary N) is 1. The van der Waals surface area contributed by atoms with Crippen LogP contribution in [0.15, 0.2) is 18.2 Å². The maximum atomic E-state index is 5.78. The van der Waals surface area contributed by atoms with E-state index in [1.165, 1.54) is 32.6 Å². The molecule has 0 saturated carbocycles. The molecule has 21 heavy (non-hydrogen) atoms. The van der Waals surface area contributed by atoms with Crippen LogP contribution in [0.1, 0.15) is 12.8 Å². The van der Waals surface area contributed by atoms with E-state index in [0.717, 1.165) is 18.7 Å². The van der Waals surface area contributed by atoms with Gasteiger partial charge in [-0.25, -0.2) is 0 Å². The number of nitrogens with zero attached hydrogens (tertiary/aromatic N) is 2. The lowest BCUT2D eigenvalue weighted by molar-refractivity contribution is 0.149. The summed E-state index contributed by atoms with van der Waals surface area (Å²) in [6, 6.07) is 5.50. The van der Waals surface area contributed by atoms with E-state index >= 15 is 0 Å². The molecule has 0 amide bonds. The van der Waals surface area contributed by atoms with Gasteiger partial charge in [0.05, 0.1) is 13.7 Å². The van der Waals surface area contributed by atoms with Crippen molar-refractivity contribution < 1.29 is 9.47 Å². The Balaban J connectivity index is 1.63. The molecule has 0 aromatic heterocycles. The van der Waals surface area contributed by atoms with Gasteiger partial charge in [-0.15, -0.1) is 0 Å². The number of methoxy groups -OCH3 is 1. The molecule has 5 nitrogen and oxygen atoms in total. The van der Waals surface area contributed by atoms with Gasteiger partial charge in [0.15, 0.2) is 11.5 Å². The molecule has 0 bridgehead atoms. The van der Waals surface area contributed by atoms with Crippen molar-refractivity contribution in [2.24, 2.45) is 0 Å². The maximum absolute atomic E-state index is 5.78. The van der Waals surface area contributed by atoms with Crippen molar-refractivity contribution in [1.29, 1.82) is 0 Å². The number of nitrogen functional groups attached to an aromatic ring is 1. The van der Waals surface area contributed by atoms with Crippen LogP contribution in [0.25, 0.3) is 0 Å². The highest BCUT2D eigenvalue weighted by Gasteiger charge is 2.12. The Morgan fingerprint density at radius 3 is 2.57 bits per heavy atom. The number of hydrogen-bond donors (Lipinski definition) is 1. The average Bonchev–Trinajstić information content (AvgIpc) is 2.50. The molecule has 1 fully saturated rings. The van der Waals surface area contributed by atoms with Gasteiger partial charge in [-0.2, -0.15) is 0 Å². The van der Waals surface area contributed by atoms with Gasteiger partial charge in [0, 0.05) is 37.9 Å². The number of hydrogen-bond acceptors (Lipinski definition) is 5. The first-order chi connectivity index (χ1) is 10.2. The Labute approximate surface area is 127 Å².